The molecule has 5 aromatic rings. The van der Waals surface area contributed by atoms with Crippen molar-refractivity contribution < 1.29 is 0 Å². The zero-order valence-electron chi connectivity index (χ0n) is 14.9. The van der Waals surface area contributed by atoms with E-state index in [1.807, 2.05) is 67.6 Å². The molecule has 5 rings (SSSR count). The van der Waals surface area contributed by atoms with E-state index in [1.165, 1.54) is 0 Å². The minimum absolute atomic E-state index is 0.234. The highest BCUT2D eigenvalue weighted by Gasteiger charge is 2.21. The third-order valence-electron chi connectivity index (χ3n) is 4.74. The monoisotopic (exact) mass is 369 g/mol. The molecule has 28 heavy (non-hydrogen) atoms. The second kappa shape index (κ2) is 6.02. The number of pyridine rings is 1. The topological polar surface area (TPSA) is 96.4 Å². The lowest BCUT2D eigenvalue weighted by Crippen LogP contribution is -2.23. The van der Waals surface area contributed by atoms with Crippen molar-refractivity contribution in [2.45, 2.75) is 6.92 Å². The third kappa shape index (κ3) is 2.37. The summed E-state index contributed by atoms with van der Waals surface area (Å²) in [5.74, 6) is 0. The maximum atomic E-state index is 12.7. The molecule has 7 heteroatoms. The second-order valence-electron chi connectivity index (χ2n) is 6.52. The zero-order valence-corrected chi connectivity index (χ0v) is 14.9. The first-order valence-corrected chi connectivity index (χ1v) is 8.80. The van der Waals surface area contributed by atoms with Crippen LogP contribution in [0.4, 0.5) is 0 Å². The van der Waals surface area contributed by atoms with E-state index in [2.05, 4.69) is 20.1 Å². The molecule has 0 amide bonds. The van der Waals surface area contributed by atoms with Crippen molar-refractivity contribution in [1.82, 2.24) is 24.7 Å². The van der Waals surface area contributed by atoms with Crippen LogP contribution in [0.2, 0.25) is 0 Å². The fourth-order valence-electron chi connectivity index (χ4n) is 3.57. The van der Waals surface area contributed by atoms with Crippen molar-refractivity contribution in [3.05, 3.63) is 87.2 Å². The van der Waals surface area contributed by atoms with Crippen molar-refractivity contribution in [3.63, 3.8) is 0 Å². The zero-order chi connectivity index (χ0) is 19.3. The molecule has 0 saturated carbocycles. The lowest BCUT2D eigenvalue weighted by molar-refractivity contribution is 0.878. The molecule has 3 aromatic heterocycles. The summed E-state index contributed by atoms with van der Waals surface area (Å²) in [5, 5.41) is 5.79. The highest BCUT2D eigenvalue weighted by molar-refractivity contribution is 6.08. The Balaban J connectivity index is 2.03. The van der Waals surface area contributed by atoms with Gasteiger partial charge < -0.3 is 0 Å². The number of rotatable bonds is 2. The molecule has 0 radical (unpaired) electrons. The molecule has 2 N–H and O–H groups in total. The van der Waals surface area contributed by atoms with Crippen LogP contribution in [0.25, 0.3) is 38.9 Å². The van der Waals surface area contributed by atoms with Crippen LogP contribution in [0.3, 0.4) is 0 Å². The van der Waals surface area contributed by atoms with Gasteiger partial charge in [-0.2, -0.15) is 5.10 Å². The van der Waals surface area contributed by atoms with E-state index in [0.717, 1.165) is 22.3 Å². The Bertz CT molecular complexity index is 1450. The SMILES string of the molecule is Cc1nn(-c2ccccc2)c2nc3[nH]c(=O)[nH]c(=O)c3c(-c3ccccc3)c12. The van der Waals surface area contributed by atoms with E-state index in [9.17, 15) is 9.59 Å². The van der Waals surface area contributed by atoms with Gasteiger partial charge in [0.05, 0.1) is 22.2 Å². The van der Waals surface area contributed by atoms with Gasteiger partial charge in [-0.1, -0.05) is 48.5 Å². The summed E-state index contributed by atoms with van der Waals surface area (Å²) >= 11 is 0. The number of H-pyrrole nitrogens is 2. The minimum Gasteiger partial charge on any atom is -0.291 e. The number of nitrogens with zero attached hydrogens (tertiary/aromatic N) is 3. The van der Waals surface area contributed by atoms with Gasteiger partial charge in [0, 0.05) is 5.56 Å². The van der Waals surface area contributed by atoms with Crippen LogP contribution < -0.4 is 11.2 Å². The van der Waals surface area contributed by atoms with Crippen LogP contribution in [0, 0.1) is 6.92 Å². The first-order valence-electron chi connectivity index (χ1n) is 8.80. The van der Waals surface area contributed by atoms with Crippen LogP contribution in [0.15, 0.2) is 70.3 Å². The molecule has 2 aromatic carbocycles. The van der Waals surface area contributed by atoms with Crippen LogP contribution in [0.1, 0.15) is 5.69 Å². The quantitative estimate of drug-likeness (QED) is 0.500. The second-order valence-corrected chi connectivity index (χ2v) is 6.52. The first-order chi connectivity index (χ1) is 13.6. The number of benzene rings is 2. The van der Waals surface area contributed by atoms with Crippen molar-refractivity contribution in [3.8, 4) is 16.8 Å². The molecule has 3 heterocycles. The maximum Gasteiger partial charge on any atom is 0.327 e. The summed E-state index contributed by atoms with van der Waals surface area (Å²) in [5.41, 5.74) is 2.90. The smallest absolute Gasteiger partial charge is 0.291 e. The number of fused-ring (bicyclic) bond motifs is 2. The van der Waals surface area contributed by atoms with Gasteiger partial charge in [0.25, 0.3) is 5.56 Å². The highest BCUT2D eigenvalue weighted by Crippen LogP contribution is 2.34. The molecule has 0 atom stereocenters. The van der Waals surface area contributed by atoms with Crippen molar-refractivity contribution >= 4 is 22.1 Å². The number of hydrogen-bond acceptors (Lipinski definition) is 4. The number of aromatic nitrogens is 5. The van der Waals surface area contributed by atoms with Crippen molar-refractivity contribution in [1.29, 1.82) is 0 Å². The molecule has 0 fully saturated rings. The number of para-hydroxylation sites is 1. The Labute approximate surface area is 158 Å². The van der Waals surface area contributed by atoms with Crippen LogP contribution in [0.5, 0.6) is 0 Å². The molecule has 0 aliphatic rings. The van der Waals surface area contributed by atoms with E-state index in [-0.39, 0.29) is 5.65 Å². The largest absolute Gasteiger partial charge is 0.327 e. The van der Waals surface area contributed by atoms with E-state index < -0.39 is 11.2 Å². The molecule has 0 spiro atoms. The summed E-state index contributed by atoms with van der Waals surface area (Å²) in [6, 6.07) is 19.2. The van der Waals surface area contributed by atoms with Gasteiger partial charge >= 0.3 is 5.69 Å². The predicted molar refractivity (Wildman–Crippen MR) is 108 cm³/mol. The van der Waals surface area contributed by atoms with Gasteiger partial charge in [0.2, 0.25) is 0 Å². The summed E-state index contributed by atoms with van der Waals surface area (Å²) < 4.78 is 1.73. The number of hydrogen-bond donors (Lipinski definition) is 2. The maximum absolute atomic E-state index is 12.7. The van der Waals surface area contributed by atoms with Gasteiger partial charge in [0.15, 0.2) is 5.65 Å². The molecule has 7 nitrogen and oxygen atoms in total. The number of aryl methyl sites for hydroxylation is 1. The van der Waals surface area contributed by atoms with Crippen molar-refractivity contribution in [2.24, 2.45) is 0 Å². The molecular weight excluding hydrogens is 354 g/mol. The molecule has 0 unspecified atom stereocenters. The molecule has 0 saturated heterocycles. The third-order valence-corrected chi connectivity index (χ3v) is 4.74. The van der Waals surface area contributed by atoms with Gasteiger partial charge in [-0.15, -0.1) is 0 Å². The van der Waals surface area contributed by atoms with Crippen LogP contribution >= 0.6 is 0 Å². The van der Waals surface area contributed by atoms with Crippen molar-refractivity contribution in [2.75, 3.05) is 0 Å². The lowest BCUT2D eigenvalue weighted by atomic mass is 9.99. The van der Waals surface area contributed by atoms with E-state index in [1.54, 1.807) is 4.68 Å². The molecule has 0 aliphatic heterocycles. The Hall–Kier alpha value is -4.00. The molecule has 136 valence electrons. The van der Waals surface area contributed by atoms with Gasteiger partial charge in [-0.05, 0) is 24.6 Å². The van der Waals surface area contributed by atoms with E-state index >= 15 is 0 Å². The van der Waals surface area contributed by atoms with Gasteiger partial charge in [0.1, 0.15) is 5.65 Å². The Kier molecular flexibility index (Phi) is 3.48. The molecule has 0 bridgehead atoms. The van der Waals surface area contributed by atoms with E-state index in [0.29, 0.717) is 16.6 Å². The highest BCUT2D eigenvalue weighted by atomic mass is 16.2. The van der Waals surface area contributed by atoms with E-state index in [4.69, 9.17) is 0 Å². The Morgan fingerprint density at radius 2 is 1.54 bits per heavy atom. The average molecular weight is 369 g/mol. The van der Waals surface area contributed by atoms with Crippen LogP contribution in [-0.2, 0) is 0 Å². The standard InChI is InChI=1S/C21H15N5O2/c1-12-15-16(13-8-4-2-5-9-13)17-18(23-21(28)24-20(17)27)22-19(15)26(25-12)14-10-6-3-7-11-14/h2-11H,1H3,(H2,22,23,24,27,28). The summed E-state index contributed by atoms with van der Waals surface area (Å²) in [6.45, 7) is 1.89. The number of nitrogens with one attached hydrogen (secondary N) is 2. The molecular formula is C21H15N5O2. The summed E-state index contributed by atoms with van der Waals surface area (Å²) in [6.07, 6.45) is 0. The Morgan fingerprint density at radius 3 is 2.25 bits per heavy atom. The minimum atomic E-state index is -0.592. The fraction of sp³-hybridized carbons (Fsp3) is 0.0476. The van der Waals surface area contributed by atoms with Gasteiger partial charge in [-0.3, -0.25) is 14.8 Å². The van der Waals surface area contributed by atoms with Crippen LogP contribution in [-0.4, -0.2) is 24.7 Å². The fourth-order valence-corrected chi connectivity index (χ4v) is 3.57. The Morgan fingerprint density at radius 1 is 0.857 bits per heavy atom. The predicted octanol–water partition coefficient (Wildman–Crippen LogP) is 2.93. The average Bonchev–Trinajstić information content (AvgIpc) is 3.04. The lowest BCUT2D eigenvalue weighted by Gasteiger charge is -2.09. The van der Waals surface area contributed by atoms with Gasteiger partial charge in [-0.25, -0.2) is 14.5 Å². The number of aromatic amines is 2. The normalized spacial score (nSPS) is 11.3. The summed E-state index contributed by atoms with van der Waals surface area (Å²) in [4.78, 5) is 34.1. The summed E-state index contributed by atoms with van der Waals surface area (Å²) in [7, 11) is 0. The first kappa shape index (κ1) is 16.2. The molecule has 0 aliphatic carbocycles.